The first-order valence-electron chi connectivity index (χ1n) is 6.51. The van der Waals surface area contributed by atoms with Crippen LogP contribution in [0.2, 0.25) is 0 Å². The van der Waals surface area contributed by atoms with Gasteiger partial charge in [0.05, 0.1) is 5.56 Å². The lowest BCUT2D eigenvalue weighted by Crippen LogP contribution is -2.22. The summed E-state index contributed by atoms with van der Waals surface area (Å²) in [5, 5.41) is 2.94. The van der Waals surface area contributed by atoms with Crippen LogP contribution in [0, 0.1) is 0 Å². The second-order valence-corrected chi connectivity index (χ2v) is 5.52. The van der Waals surface area contributed by atoms with Gasteiger partial charge in [0.15, 0.2) is 0 Å². The Bertz CT molecular complexity index is 421. The molecule has 0 aliphatic heterocycles. The lowest BCUT2D eigenvalue weighted by Gasteiger charge is -2.22. The van der Waals surface area contributed by atoms with Gasteiger partial charge in [0.2, 0.25) is 0 Å². The number of rotatable bonds is 7. The van der Waals surface area contributed by atoms with Crippen molar-refractivity contribution in [1.29, 1.82) is 0 Å². The summed E-state index contributed by atoms with van der Waals surface area (Å²) in [5.41, 5.74) is 0.347. The first kappa shape index (κ1) is 17.2. The molecule has 114 valence electrons. The number of alkyl halides is 3. The van der Waals surface area contributed by atoms with Crippen LogP contribution in [-0.2, 0) is 12.7 Å². The summed E-state index contributed by atoms with van der Waals surface area (Å²) >= 11 is 1.67. The fraction of sp³-hybridized carbons (Fsp3) is 0.571. The summed E-state index contributed by atoms with van der Waals surface area (Å²) in [6.45, 7) is 3.48. The van der Waals surface area contributed by atoms with Gasteiger partial charge in [0.25, 0.3) is 0 Å². The topological polar surface area (TPSA) is 15.3 Å². The molecule has 1 rings (SSSR count). The highest BCUT2D eigenvalue weighted by Gasteiger charge is 2.33. The van der Waals surface area contributed by atoms with Crippen molar-refractivity contribution in [2.24, 2.45) is 0 Å². The summed E-state index contributed by atoms with van der Waals surface area (Å²) in [7, 11) is 1.82. The predicted molar refractivity (Wildman–Crippen MR) is 80.5 cm³/mol. The maximum Gasteiger partial charge on any atom is 0.416 e. The van der Waals surface area contributed by atoms with E-state index in [0.29, 0.717) is 17.8 Å². The molecule has 0 heterocycles. The Hall–Kier alpha value is -0.880. The van der Waals surface area contributed by atoms with E-state index in [0.717, 1.165) is 12.3 Å². The Kier molecular flexibility index (Phi) is 6.68. The van der Waals surface area contributed by atoms with Crippen molar-refractivity contribution in [3.05, 3.63) is 29.3 Å². The second kappa shape index (κ2) is 7.78. The first-order chi connectivity index (χ1) is 9.40. The molecule has 0 spiro atoms. The Labute approximate surface area is 122 Å². The molecule has 0 radical (unpaired) electrons. The molecular weight excluding hydrogens is 285 g/mol. The quantitative estimate of drug-likeness (QED) is 0.828. The van der Waals surface area contributed by atoms with Crippen LogP contribution in [0.4, 0.5) is 18.9 Å². The number of thioether (sulfide) groups is 1. The fourth-order valence-corrected chi connectivity index (χ4v) is 2.29. The number of nitrogens with one attached hydrogen (secondary N) is 1. The standard InChI is InChI=1S/C14H21F3N2S/c1-4-18-10-11-5-6-12(19(2)7-8-20-3)9-13(11)14(15,16)17/h5-6,9,18H,4,7-8,10H2,1-3H3. The van der Waals surface area contributed by atoms with E-state index < -0.39 is 11.7 Å². The molecular formula is C14H21F3N2S. The van der Waals surface area contributed by atoms with E-state index in [9.17, 15) is 13.2 Å². The zero-order valence-corrected chi connectivity index (χ0v) is 12.9. The minimum absolute atomic E-state index is 0.236. The molecule has 0 unspecified atom stereocenters. The Morgan fingerprint density at radius 1 is 1.30 bits per heavy atom. The molecule has 0 aliphatic carbocycles. The van der Waals surface area contributed by atoms with E-state index in [1.807, 2.05) is 25.1 Å². The van der Waals surface area contributed by atoms with Crippen molar-refractivity contribution in [2.75, 3.05) is 37.0 Å². The number of benzene rings is 1. The van der Waals surface area contributed by atoms with Crippen LogP contribution in [-0.4, -0.2) is 32.1 Å². The molecule has 0 aromatic heterocycles. The number of hydrogen-bond acceptors (Lipinski definition) is 3. The number of anilines is 1. The summed E-state index contributed by atoms with van der Waals surface area (Å²) in [5.74, 6) is 0.886. The third-order valence-corrected chi connectivity index (χ3v) is 3.63. The van der Waals surface area contributed by atoms with Crippen LogP contribution in [0.1, 0.15) is 18.1 Å². The highest BCUT2D eigenvalue weighted by molar-refractivity contribution is 7.98. The van der Waals surface area contributed by atoms with Gasteiger partial charge < -0.3 is 10.2 Å². The fourth-order valence-electron chi connectivity index (χ4n) is 1.84. The maximum atomic E-state index is 13.1. The van der Waals surface area contributed by atoms with Crippen LogP contribution in [0.3, 0.4) is 0 Å². The monoisotopic (exact) mass is 306 g/mol. The second-order valence-electron chi connectivity index (χ2n) is 4.53. The van der Waals surface area contributed by atoms with Crippen molar-refractivity contribution in [3.8, 4) is 0 Å². The summed E-state index contributed by atoms with van der Waals surface area (Å²) in [6, 6.07) is 4.56. The molecule has 1 aromatic rings. The van der Waals surface area contributed by atoms with Gasteiger partial charge in [-0.15, -0.1) is 0 Å². The molecule has 2 nitrogen and oxygen atoms in total. The smallest absolute Gasteiger partial charge is 0.374 e. The van der Waals surface area contributed by atoms with Crippen molar-refractivity contribution in [3.63, 3.8) is 0 Å². The van der Waals surface area contributed by atoms with Gasteiger partial charge in [0.1, 0.15) is 0 Å². The average Bonchev–Trinajstić information content (AvgIpc) is 2.41. The molecule has 0 fully saturated rings. The molecule has 1 N–H and O–H groups in total. The summed E-state index contributed by atoms with van der Waals surface area (Å²) in [6.07, 6.45) is -2.34. The van der Waals surface area contributed by atoms with Gasteiger partial charge in [-0.1, -0.05) is 13.0 Å². The lowest BCUT2D eigenvalue weighted by molar-refractivity contribution is -0.138. The average molecular weight is 306 g/mol. The van der Waals surface area contributed by atoms with Crippen LogP contribution in [0.5, 0.6) is 0 Å². The largest absolute Gasteiger partial charge is 0.416 e. The molecule has 6 heteroatoms. The normalized spacial score (nSPS) is 11.7. The van der Waals surface area contributed by atoms with Crippen LogP contribution in [0.25, 0.3) is 0 Å². The summed E-state index contributed by atoms with van der Waals surface area (Å²) in [4.78, 5) is 1.85. The Morgan fingerprint density at radius 3 is 2.55 bits per heavy atom. The van der Waals surface area contributed by atoms with E-state index in [-0.39, 0.29) is 6.54 Å². The zero-order chi connectivity index (χ0) is 15.2. The van der Waals surface area contributed by atoms with Crippen LogP contribution < -0.4 is 10.2 Å². The van der Waals surface area contributed by atoms with Crippen molar-refractivity contribution < 1.29 is 13.2 Å². The van der Waals surface area contributed by atoms with Gasteiger partial charge in [0, 0.05) is 31.6 Å². The minimum Gasteiger partial charge on any atom is -0.374 e. The third-order valence-electron chi connectivity index (χ3n) is 3.04. The number of hydrogen-bond donors (Lipinski definition) is 1. The highest BCUT2D eigenvalue weighted by atomic mass is 32.2. The first-order valence-corrected chi connectivity index (χ1v) is 7.90. The molecule has 1 aromatic carbocycles. The number of halogens is 3. The van der Waals surface area contributed by atoms with Crippen molar-refractivity contribution >= 4 is 17.4 Å². The van der Waals surface area contributed by atoms with E-state index >= 15 is 0 Å². The lowest BCUT2D eigenvalue weighted by atomic mass is 10.1. The van der Waals surface area contributed by atoms with Gasteiger partial charge >= 0.3 is 6.18 Å². The van der Waals surface area contributed by atoms with E-state index in [4.69, 9.17) is 0 Å². The molecule has 0 saturated carbocycles. The molecule has 20 heavy (non-hydrogen) atoms. The molecule has 0 saturated heterocycles. The van der Waals surface area contributed by atoms with Crippen LogP contribution in [0.15, 0.2) is 18.2 Å². The van der Waals surface area contributed by atoms with Gasteiger partial charge in [-0.25, -0.2) is 0 Å². The van der Waals surface area contributed by atoms with Crippen molar-refractivity contribution in [1.82, 2.24) is 5.32 Å². The maximum absolute atomic E-state index is 13.1. The SMILES string of the molecule is CCNCc1ccc(N(C)CCSC)cc1C(F)(F)F. The predicted octanol–water partition coefficient (Wildman–Crippen LogP) is 3.61. The van der Waals surface area contributed by atoms with E-state index in [1.165, 1.54) is 6.07 Å². The highest BCUT2D eigenvalue weighted by Crippen LogP contribution is 2.34. The zero-order valence-electron chi connectivity index (χ0n) is 12.0. The van der Waals surface area contributed by atoms with E-state index in [1.54, 1.807) is 23.9 Å². The summed E-state index contributed by atoms with van der Waals surface area (Å²) < 4.78 is 39.4. The third kappa shape index (κ3) is 4.90. The Morgan fingerprint density at radius 2 is 2.00 bits per heavy atom. The molecule has 0 aliphatic rings. The van der Waals surface area contributed by atoms with E-state index in [2.05, 4.69) is 5.32 Å². The minimum atomic E-state index is -4.32. The van der Waals surface area contributed by atoms with Gasteiger partial charge in [-0.3, -0.25) is 0 Å². The molecule has 0 bridgehead atoms. The molecule has 0 amide bonds. The van der Waals surface area contributed by atoms with Gasteiger partial charge in [-0.05, 0) is 30.5 Å². The van der Waals surface area contributed by atoms with Gasteiger partial charge in [-0.2, -0.15) is 24.9 Å². The Balaban J connectivity index is 3.01. The van der Waals surface area contributed by atoms with Crippen LogP contribution >= 0.6 is 11.8 Å². The van der Waals surface area contributed by atoms with Crippen molar-refractivity contribution in [2.45, 2.75) is 19.6 Å². The molecule has 0 atom stereocenters. The number of nitrogens with zero attached hydrogens (tertiary/aromatic N) is 1.